The molecule has 0 atom stereocenters. The lowest BCUT2D eigenvalue weighted by Gasteiger charge is -2.39. The molecule has 1 nitrogen and oxygen atoms in total. The van der Waals surface area contributed by atoms with E-state index in [1.807, 2.05) is 26.0 Å². The highest BCUT2D eigenvalue weighted by Crippen LogP contribution is 2.40. The predicted molar refractivity (Wildman–Crippen MR) is 84.2 cm³/mol. The third-order valence-corrected chi connectivity index (χ3v) is 4.39. The summed E-state index contributed by atoms with van der Waals surface area (Å²) in [6.45, 7) is 15.2. The van der Waals surface area contributed by atoms with E-state index < -0.39 is 0 Å². The largest absolute Gasteiger partial charge is 0.311 e. The molecule has 1 aromatic carbocycles. The molecule has 0 amide bonds. The zero-order valence-corrected chi connectivity index (χ0v) is 13.4. The van der Waals surface area contributed by atoms with Gasteiger partial charge in [0.1, 0.15) is 0 Å². The zero-order valence-electron chi connectivity index (χ0n) is 13.4. The maximum Gasteiger partial charge on any atom is 0.241 e. The van der Waals surface area contributed by atoms with Crippen molar-refractivity contribution in [1.29, 1.82) is 0 Å². The lowest BCUT2D eigenvalue weighted by molar-refractivity contribution is -0.114. The molecular weight excluding hydrogens is 231 g/mol. The van der Waals surface area contributed by atoms with Crippen LogP contribution in [0.3, 0.4) is 0 Å². The van der Waals surface area contributed by atoms with Gasteiger partial charge in [-0.25, -0.2) is 0 Å². The van der Waals surface area contributed by atoms with Crippen molar-refractivity contribution in [1.82, 2.24) is 0 Å². The molecule has 1 aromatic rings. The van der Waals surface area contributed by atoms with E-state index in [2.05, 4.69) is 46.8 Å². The van der Waals surface area contributed by atoms with Crippen molar-refractivity contribution in [2.45, 2.75) is 53.9 Å². The molecule has 0 aliphatic rings. The Hall–Kier alpha value is -1.05. The summed E-state index contributed by atoms with van der Waals surface area (Å²) in [6.07, 6.45) is 0. The smallest absolute Gasteiger partial charge is 0.241 e. The molecule has 0 saturated heterocycles. The van der Waals surface area contributed by atoms with Crippen LogP contribution in [0.5, 0.6) is 0 Å². The Morgan fingerprint density at radius 2 is 1.47 bits per heavy atom. The van der Waals surface area contributed by atoms with E-state index in [0.717, 1.165) is 5.46 Å². The van der Waals surface area contributed by atoms with E-state index in [1.165, 1.54) is 5.56 Å². The number of carbonyl (C=O) groups excluding carboxylic acids is 1. The van der Waals surface area contributed by atoms with Gasteiger partial charge in [0.25, 0.3) is 0 Å². The molecule has 19 heavy (non-hydrogen) atoms. The molecule has 1 rings (SSSR count). The minimum Gasteiger partial charge on any atom is -0.311 e. The van der Waals surface area contributed by atoms with Gasteiger partial charge in [0.15, 0.2) is 0 Å². The molecule has 1 radical (unpaired) electrons. The molecule has 0 unspecified atom stereocenters. The fraction of sp³-hybridized carbons (Fsp3) is 0.588. The molecule has 0 saturated carbocycles. The average molecular weight is 257 g/mol. The standard InChI is InChI=1S/C17H26BO/c1-12(2)15(19)18-14-10-8-13(9-11-14)17(6,7)16(3,4)5/h8-12H,1-7H3. The van der Waals surface area contributed by atoms with Crippen molar-refractivity contribution in [3.8, 4) is 0 Å². The van der Waals surface area contributed by atoms with E-state index in [4.69, 9.17) is 0 Å². The van der Waals surface area contributed by atoms with E-state index in [-0.39, 0.29) is 22.4 Å². The second-order valence-electron chi connectivity index (χ2n) is 7.20. The molecule has 0 heterocycles. The summed E-state index contributed by atoms with van der Waals surface area (Å²) in [5.41, 5.74) is 2.80. The summed E-state index contributed by atoms with van der Waals surface area (Å²) in [7, 11) is 1.73. The zero-order chi connectivity index (χ0) is 14.8. The molecule has 2 heteroatoms. The van der Waals surface area contributed by atoms with E-state index in [1.54, 1.807) is 7.28 Å². The lowest BCUT2D eigenvalue weighted by atomic mass is 9.61. The first-order valence-electron chi connectivity index (χ1n) is 7.05. The van der Waals surface area contributed by atoms with E-state index in [0.29, 0.717) is 0 Å². The fourth-order valence-electron chi connectivity index (χ4n) is 1.76. The van der Waals surface area contributed by atoms with Crippen molar-refractivity contribution in [2.75, 3.05) is 0 Å². The van der Waals surface area contributed by atoms with Gasteiger partial charge in [-0.3, -0.25) is 0 Å². The minimum atomic E-state index is 0.0608. The number of hydrogen-bond acceptors (Lipinski definition) is 1. The van der Waals surface area contributed by atoms with Crippen LogP contribution in [0, 0.1) is 11.3 Å². The van der Waals surface area contributed by atoms with Crippen LogP contribution in [0.2, 0.25) is 0 Å². The molecule has 0 aliphatic carbocycles. The highest BCUT2D eigenvalue weighted by atomic mass is 16.1. The molecule has 0 bridgehead atoms. The Kier molecular flexibility index (Phi) is 4.65. The molecule has 0 aliphatic heterocycles. The summed E-state index contributed by atoms with van der Waals surface area (Å²) >= 11 is 0. The molecule has 0 aromatic heterocycles. The Labute approximate surface area is 119 Å². The summed E-state index contributed by atoms with van der Waals surface area (Å²) in [5.74, 6) is 0.0608. The van der Waals surface area contributed by atoms with Gasteiger partial charge in [-0.1, -0.05) is 78.2 Å². The molecular formula is C17H26BO. The molecule has 0 N–H and O–H groups in total. The Morgan fingerprint density at radius 3 is 1.84 bits per heavy atom. The monoisotopic (exact) mass is 257 g/mol. The SMILES string of the molecule is CC(C)C(=O)[B]c1ccc(C(C)(C)C(C)(C)C)cc1. The molecule has 0 fully saturated rings. The maximum atomic E-state index is 11.7. The second-order valence-corrected chi connectivity index (χ2v) is 7.20. The first-order chi connectivity index (χ1) is 8.55. The first-order valence-corrected chi connectivity index (χ1v) is 7.05. The van der Waals surface area contributed by atoms with Gasteiger partial charge in [-0.05, 0) is 16.4 Å². The van der Waals surface area contributed by atoms with Gasteiger partial charge in [-0.15, -0.1) is 0 Å². The van der Waals surface area contributed by atoms with Crippen molar-refractivity contribution >= 4 is 18.4 Å². The van der Waals surface area contributed by atoms with Crippen LogP contribution in [0.4, 0.5) is 0 Å². The van der Waals surface area contributed by atoms with Crippen LogP contribution in [0.1, 0.15) is 54.0 Å². The highest BCUT2D eigenvalue weighted by Gasteiger charge is 2.34. The lowest BCUT2D eigenvalue weighted by Crippen LogP contribution is -2.34. The second kappa shape index (κ2) is 5.52. The topological polar surface area (TPSA) is 17.1 Å². The Bertz CT molecular complexity index is 435. The van der Waals surface area contributed by atoms with Crippen LogP contribution in [0.25, 0.3) is 0 Å². The average Bonchev–Trinajstić information content (AvgIpc) is 2.28. The highest BCUT2D eigenvalue weighted by molar-refractivity contribution is 6.84. The summed E-state index contributed by atoms with van der Waals surface area (Å²) in [6, 6.07) is 8.38. The molecule has 0 spiro atoms. The maximum absolute atomic E-state index is 11.7. The summed E-state index contributed by atoms with van der Waals surface area (Å²) < 4.78 is 0. The fourth-order valence-corrected chi connectivity index (χ4v) is 1.76. The van der Waals surface area contributed by atoms with Crippen LogP contribution >= 0.6 is 0 Å². The first kappa shape index (κ1) is 16.0. The minimum absolute atomic E-state index is 0.0608. The van der Waals surface area contributed by atoms with Gasteiger partial charge >= 0.3 is 0 Å². The van der Waals surface area contributed by atoms with Crippen LogP contribution in [-0.4, -0.2) is 13.0 Å². The number of benzene rings is 1. The number of carbonyl (C=O) groups is 1. The van der Waals surface area contributed by atoms with Gasteiger partial charge < -0.3 is 4.79 Å². The van der Waals surface area contributed by atoms with Crippen LogP contribution in [-0.2, 0) is 10.2 Å². The predicted octanol–water partition coefficient (Wildman–Crippen LogP) is 3.52. The van der Waals surface area contributed by atoms with E-state index >= 15 is 0 Å². The van der Waals surface area contributed by atoms with Gasteiger partial charge in [-0.2, -0.15) is 0 Å². The quantitative estimate of drug-likeness (QED) is 0.754. The third kappa shape index (κ3) is 3.71. The van der Waals surface area contributed by atoms with Gasteiger partial charge in [0.05, 0.1) is 5.68 Å². The van der Waals surface area contributed by atoms with Crippen molar-refractivity contribution in [3.63, 3.8) is 0 Å². The van der Waals surface area contributed by atoms with Gasteiger partial charge in [0, 0.05) is 5.92 Å². The normalized spacial score (nSPS) is 12.6. The third-order valence-electron chi connectivity index (χ3n) is 4.39. The summed E-state index contributed by atoms with van der Waals surface area (Å²) in [5, 5.41) is 0. The molecule has 103 valence electrons. The Balaban J connectivity index is 2.91. The van der Waals surface area contributed by atoms with Gasteiger partial charge in [0.2, 0.25) is 7.28 Å². The van der Waals surface area contributed by atoms with Crippen molar-refractivity contribution in [3.05, 3.63) is 29.8 Å². The van der Waals surface area contributed by atoms with Crippen molar-refractivity contribution < 1.29 is 4.79 Å². The summed E-state index contributed by atoms with van der Waals surface area (Å²) in [4.78, 5) is 11.7. The van der Waals surface area contributed by atoms with Crippen LogP contribution in [0.15, 0.2) is 24.3 Å². The number of hydrogen-bond donors (Lipinski definition) is 0. The van der Waals surface area contributed by atoms with Crippen molar-refractivity contribution in [2.24, 2.45) is 11.3 Å². The van der Waals surface area contributed by atoms with E-state index in [9.17, 15) is 4.79 Å². The van der Waals surface area contributed by atoms with Crippen LogP contribution < -0.4 is 5.46 Å². The Morgan fingerprint density at radius 1 is 1.00 bits per heavy atom. The number of rotatable bonds is 4.